The van der Waals surface area contributed by atoms with E-state index in [-0.39, 0.29) is 0 Å². The molecule has 0 saturated carbocycles. The molecule has 6 nitrogen and oxygen atoms in total. The molecule has 1 aromatic carbocycles. The van der Waals surface area contributed by atoms with Crippen LogP contribution in [0.3, 0.4) is 0 Å². The lowest BCUT2D eigenvalue weighted by Gasteiger charge is -2.06. The number of fused-ring (bicyclic) bond motifs is 1. The molecule has 0 bridgehead atoms. The van der Waals surface area contributed by atoms with Gasteiger partial charge in [0.15, 0.2) is 21.7 Å². The molecule has 2 heterocycles. The van der Waals surface area contributed by atoms with E-state index in [4.69, 9.17) is 5.84 Å². The van der Waals surface area contributed by atoms with Crippen LogP contribution in [0, 0.1) is 0 Å². The van der Waals surface area contributed by atoms with Crippen molar-refractivity contribution in [3.63, 3.8) is 0 Å². The quantitative estimate of drug-likeness (QED) is 0.415. The average molecular weight is 361 g/mol. The van der Waals surface area contributed by atoms with Crippen LogP contribution in [0.5, 0.6) is 0 Å². The summed E-state index contributed by atoms with van der Waals surface area (Å²) in [4.78, 5) is 13.6. The molecule has 22 heavy (non-hydrogen) atoms. The lowest BCUT2D eigenvalue weighted by molar-refractivity contribution is 0.750. The Morgan fingerprint density at radius 3 is 2.59 bits per heavy atom. The predicted octanol–water partition coefficient (Wildman–Crippen LogP) is 2.68. The Labute approximate surface area is 136 Å². The van der Waals surface area contributed by atoms with E-state index in [0.717, 1.165) is 35.6 Å². The second-order valence-electron chi connectivity index (χ2n) is 4.92. The summed E-state index contributed by atoms with van der Waals surface area (Å²) in [5.41, 5.74) is 5.36. The van der Waals surface area contributed by atoms with Crippen LogP contribution in [0.2, 0.25) is 0 Å². The number of hydrogen-bond donors (Lipinski definition) is 2. The molecule has 0 radical (unpaired) electrons. The first kappa shape index (κ1) is 14.9. The molecule has 3 N–H and O–H groups in total. The highest BCUT2D eigenvalue weighted by atomic mass is 79.9. The Balaban J connectivity index is 1.96. The van der Waals surface area contributed by atoms with Gasteiger partial charge in [-0.25, -0.2) is 20.8 Å². The number of nitrogens with two attached hydrogens (primary N) is 1. The molecule has 0 unspecified atom stereocenters. The molecule has 114 valence electrons. The predicted molar refractivity (Wildman–Crippen MR) is 90.4 cm³/mol. The number of aryl methyl sites for hydroxylation is 3. The zero-order chi connectivity index (χ0) is 15.5. The van der Waals surface area contributed by atoms with Crippen LogP contribution in [-0.4, -0.2) is 19.5 Å². The van der Waals surface area contributed by atoms with Crippen molar-refractivity contribution >= 4 is 32.9 Å². The Morgan fingerprint density at radius 2 is 1.91 bits per heavy atom. The number of halogens is 1. The van der Waals surface area contributed by atoms with Crippen LogP contribution in [-0.2, 0) is 19.4 Å². The number of benzene rings is 1. The molecule has 0 fully saturated rings. The van der Waals surface area contributed by atoms with Crippen molar-refractivity contribution in [3.8, 4) is 0 Å². The summed E-state index contributed by atoms with van der Waals surface area (Å²) < 4.78 is 2.72. The lowest BCUT2D eigenvalue weighted by atomic mass is 10.1. The van der Waals surface area contributed by atoms with Crippen LogP contribution >= 0.6 is 15.9 Å². The number of nitrogens with zero attached hydrogens (tertiary/aromatic N) is 4. The monoisotopic (exact) mass is 360 g/mol. The first-order valence-corrected chi connectivity index (χ1v) is 7.95. The summed E-state index contributed by atoms with van der Waals surface area (Å²) in [5, 5.41) is 0. The van der Waals surface area contributed by atoms with E-state index < -0.39 is 0 Å². The van der Waals surface area contributed by atoms with Gasteiger partial charge >= 0.3 is 0 Å². The van der Waals surface area contributed by atoms with E-state index in [0.29, 0.717) is 11.3 Å². The number of hydrogen-bond acceptors (Lipinski definition) is 5. The minimum absolute atomic E-state index is 0.556. The largest absolute Gasteiger partial charge is 0.306 e. The summed E-state index contributed by atoms with van der Waals surface area (Å²) in [6.45, 7) is 2.82. The van der Waals surface area contributed by atoms with Crippen LogP contribution in [0.15, 0.2) is 35.1 Å². The number of imidazole rings is 1. The maximum atomic E-state index is 5.59. The van der Waals surface area contributed by atoms with Crippen molar-refractivity contribution in [2.24, 2.45) is 5.84 Å². The van der Waals surface area contributed by atoms with Gasteiger partial charge < -0.3 is 9.99 Å². The van der Waals surface area contributed by atoms with Crippen molar-refractivity contribution in [2.45, 2.75) is 26.3 Å². The summed E-state index contributed by atoms with van der Waals surface area (Å²) in [7, 11) is 0. The Morgan fingerprint density at radius 1 is 1.14 bits per heavy atom. The van der Waals surface area contributed by atoms with Crippen molar-refractivity contribution in [1.29, 1.82) is 0 Å². The van der Waals surface area contributed by atoms with Crippen LogP contribution in [0.4, 0.5) is 5.82 Å². The molecule has 0 spiro atoms. The second kappa shape index (κ2) is 6.41. The number of nitrogen functional groups attached to an aromatic ring is 1. The van der Waals surface area contributed by atoms with Gasteiger partial charge in [0.25, 0.3) is 0 Å². The van der Waals surface area contributed by atoms with Gasteiger partial charge in [-0.3, -0.25) is 0 Å². The summed E-state index contributed by atoms with van der Waals surface area (Å²) in [5.74, 6) is 6.90. The van der Waals surface area contributed by atoms with Gasteiger partial charge in [-0.05, 0) is 34.8 Å². The first-order chi connectivity index (χ1) is 10.7. The number of hydrazine groups is 1. The minimum Gasteiger partial charge on any atom is -0.306 e. The fourth-order valence-electron chi connectivity index (χ4n) is 2.41. The van der Waals surface area contributed by atoms with Gasteiger partial charge in [0.05, 0.1) is 0 Å². The fourth-order valence-corrected chi connectivity index (χ4v) is 3.01. The molecule has 7 heteroatoms. The summed E-state index contributed by atoms with van der Waals surface area (Å²) in [6, 6.07) is 10.3. The molecular formula is C15H17BrN6. The maximum absolute atomic E-state index is 5.59. The number of anilines is 1. The van der Waals surface area contributed by atoms with Crippen molar-refractivity contribution in [3.05, 3.63) is 46.5 Å². The van der Waals surface area contributed by atoms with E-state index in [1.807, 2.05) is 29.7 Å². The number of rotatable bonds is 5. The van der Waals surface area contributed by atoms with E-state index in [1.54, 1.807) is 0 Å². The van der Waals surface area contributed by atoms with E-state index in [1.165, 1.54) is 5.56 Å². The normalized spacial score (nSPS) is 11.0. The smallest absolute Gasteiger partial charge is 0.179 e. The van der Waals surface area contributed by atoms with E-state index >= 15 is 0 Å². The van der Waals surface area contributed by atoms with Gasteiger partial charge in [-0.15, -0.1) is 0 Å². The van der Waals surface area contributed by atoms with Crippen LogP contribution in [0.1, 0.15) is 18.3 Å². The molecule has 3 rings (SSSR count). The number of aromatic nitrogens is 4. The van der Waals surface area contributed by atoms with Gasteiger partial charge in [0.1, 0.15) is 5.82 Å². The zero-order valence-electron chi connectivity index (χ0n) is 12.3. The van der Waals surface area contributed by atoms with Gasteiger partial charge in [-0.1, -0.05) is 30.3 Å². The van der Waals surface area contributed by atoms with Crippen molar-refractivity contribution in [1.82, 2.24) is 19.5 Å². The average Bonchev–Trinajstić information content (AvgIpc) is 2.88. The highest BCUT2D eigenvalue weighted by Gasteiger charge is 2.15. The molecule has 0 atom stereocenters. The van der Waals surface area contributed by atoms with Crippen LogP contribution in [0.25, 0.3) is 11.2 Å². The minimum atomic E-state index is 0.556. The molecule has 0 aliphatic heterocycles. The third kappa shape index (κ3) is 2.82. The van der Waals surface area contributed by atoms with E-state index in [2.05, 4.69) is 48.4 Å². The Bertz CT molecular complexity index is 784. The van der Waals surface area contributed by atoms with Gasteiger partial charge in [0, 0.05) is 13.0 Å². The number of nitrogens with one attached hydrogen (secondary N) is 1. The lowest BCUT2D eigenvalue weighted by Crippen LogP contribution is -2.12. The molecule has 0 aliphatic carbocycles. The second-order valence-corrected chi connectivity index (χ2v) is 5.62. The summed E-state index contributed by atoms with van der Waals surface area (Å²) in [6.07, 6.45) is 1.64. The third-order valence-corrected chi connectivity index (χ3v) is 4.13. The third-order valence-electron chi connectivity index (χ3n) is 3.53. The molecular weight excluding hydrogens is 344 g/mol. The highest BCUT2D eigenvalue weighted by molar-refractivity contribution is 9.10. The molecule has 2 aromatic heterocycles. The zero-order valence-corrected chi connectivity index (χ0v) is 13.8. The van der Waals surface area contributed by atoms with Gasteiger partial charge in [0.2, 0.25) is 0 Å². The van der Waals surface area contributed by atoms with Gasteiger partial charge in [-0.2, -0.15) is 0 Å². The summed E-state index contributed by atoms with van der Waals surface area (Å²) >= 11 is 3.45. The molecule has 0 aliphatic rings. The van der Waals surface area contributed by atoms with Crippen molar-refractivity contribution in [2.75, 3.05) is 5.43 Å². The molecule has 3 aromatic rings. The Kier molecular flexibility index (Phi) is 4.35. The maximum Gasteiger partial charge on any atom is 0.179 e. The molecule has 0 amide bonds. The first-order valence-electron chi connectivity index (χ1n) is 7.16. The van der Waals surface area contributed by atoms with Crippen LogP contribution < -0.4 is 11.3 Å². The van der Waals surface area contributed by atoms with E-state index in [9.17, 15) is 0 Å². The SMILES string of the molecule is CCn1c(Br)nc2c(NN)nc(CCc3ccccc3)nc21. The topological polar surface area (TPSA) is 81.7 Å². The standard InChI is InChI=1S/C15H17BrN6/c1-2-22-14-12(20-15(22)16)13(21-17)18-11(19-14)9-8-10-6-4-3-5-7-10/h3-7H,2,8-9,17H2,1H3,(H,18,19,21). The fraction of sp³-hybridized carbons (Fsp3) is 0.267. The highest BCUT2D eigenvalue weighted by Crippen LogP contribution is 2.23. The Hall–Kier alpha value is -1.99. The van der Waals surface area contributed by atoms with Crippen molar-refractivity contribution < 1.29 is 0 Å². The molecule has 0 saturated heterocycles.